The molecule has 16 heavy (non-hydrogen) atoms. The quantitative estimate of drug-likeness (QED) is 0.719. The Morgan fingerprint density at radius 2 is 1.94 bits per heavy atom. The highest BCUT2D eigenvalue weighted by Gasteiger charge is 2.43. The Morgan fingerprint density at radius 1 is 1.25 bits per heavy atom. The largest absolute Gasteiger partial charge is 0.324 e. The molecular weight excluding hydrogens is 196 g/mol. The first-order valence-electron chi connectivity index (χ1n) is 6.25. The second-order valence-electron chi connectivity index (χ2n) is 5.48. The van der Waals surface area contributed by atoms with Crippen molar-refractivity contribution in [2.24, 2.45) is 5.73 Å². The van der Waals surface area contributed by atoms with E-state index in [0.717, 1.165) is 6.42 Å². The standard InChI is InChI=1S/C14H20N2/c1-16-8-6-14(7-9-16)10-13(15)11-4-2-3-5-12(11)14/h2-5,13H,6-10,15H2,1H3. The normalized spacial score (nSPS) is 28.2. The Labute approximate surface area is 97.4 Å². The molecule has 1 spiro atoms. The molecule has 1 saturated heterocycles. The minimum Gasteiger partial charge on any atom is -0.324 e. The molecule has 1 aliphatic carbocycles. The van der Waals surface area contributed by atoms with Crippen LogP contribution in [0.15, 0.2) is 24.3 Å². The molecule has 1 fully saturated rings. The number of nitrogens with zero attached hydrogens (tertiary/aromatic N) is 1. The molecule has 1 aromatic carbocycles. The SMILES string of the molecule is CN1CCC2(CC1)CC(N)c1ccccc12. The lowest BCUT2D eigenvalue weighted by atomic mass is 9.74. The predicted molar refractivity (Wildman–Crippen MR) is 66.4 cm³/mol. The number of benzene rings is 1. The summed E-state index contributed by atoms with van der Waals surface area (Å²) in [6.45, 7) is 2.42. The van der Waals surface area contributed by atoms with Crippen molar-refractivity contribution in [2.45, 2.75) is 30.7 Å². The summed E-state index contributed by atoms with van der Waals surface area (Å²) < 4.78 is 0. The van der Waals surface area contributed by atoms with Gasteiger partial charge in [0.15, 0.2) is 0 Å². The monoisotopic (exact) mass is 216 g/mol. The smallest absolute Gasteiger partial charge is 0.0306 e. The van der Waals surface area contributed by atoms with E-state index in [1.165, 1.54) is 37.1 Å². The molecule has 2 aliphatic rings. The second-order valence-corrected chi connectivity index (χ2v) is 5.48. The van der Waals surface area contributed by atoms with Crippen LogP contribution in [0.2, 0.25) is 0 Å². The summed E-state index contributed by atoms with van der Waals surface area (Å²) in [7, 11) is 2.22. The van der Waals surface area contributed by atoms with Crippen molar-refractivity contribution in [3.05, 3.63) is 35.4 Å². The Balaban J connectivity index is 1.99. The Hall–Kier alpha value is -0.860. The van der Waals surface area contributed by atoms with Crippen LogP contribution >= 0.6 is 0 Å². The average Bonchev–Trinajstić information content (AvgIpc) is 2.58. The maximum Gasteiger partial charge on any atom is 0.0306 e. The third-order valence-corrected chi connectivity index (χ3v) is 4.49. The van der Waals surface area contributed by atoms with E-state index in [9.17, 15) is 0 Å². The first kappa shape index (κ1) is 10.3. The minimum absolute atomic E-state index is 0.264. The van der Waals surface area contributed by atoms with Crippen LogP contribution in [0.1, 0.15) is 36.4 Å². The van der Waals surface area contributed by atoms with E-state index < -0.39 is 0 Å². The van der Waals surface area contributed by atoms with Gasteiger partial charge in [-0.15, -0.1) is 0 Å². The van der Waals surface area contributed by atoms with E-state index >= 15 is 0 Å². The highest BCUT2D eigenvalue weighted by Crippen LogP contribution is 2.49. The number of fused-ring (bicyclic) bond motifs is 2. The van der Waals surface area contributed by atoms with Crippen molar-refractivity contribution in [1.29, 1.82) is 0 Å². The molecule has 1 heterocycles. The number of nitrogens with two attached hydrogens (primary N) is 1. The third kappa shape index (κ3) is 1.40. The Bertz CT molecular complexity index is 391. The van der Waals surface area contributed by atoms with Gasteiger partial charge in [0, 0.05) is 6.04 Å². The summed E-state index contributed by atoms with van der Waals surface area (Å²) in [6.07, 6.45) is 3.70. The lowest BCUT2D eigenvalue weighted by Crippen LogP contribution is -2.39. The van der Waals surface area contributed by atoms with Crippen LogP contribution in [0.4, 0.5) is 0 Å². The second kappa shape index (κ2) is 3.57. The molecule has 86 valence electrons. The maximum absolute atomic E-state index is 6.27. The molecule has 1 aliphatic heterocycles. The lowest BCUT2D eigenvalue weighted by Gasteiger charge is -2.38. The van der Waals surface area contributed by atoms with Crippen molar-refractivity contribution >= 4 is 0 Å². The van der Waals surface area contributed by atoms with Crippen LogP contribution in [0.25, 0.3) is 0 Å². The van der Waals surface area contributed by atoms with Crippen molar-refractivity contribution in [1.82, 2.24) is 4.90 Å². The summed E-state index contributed by atoms with van der Waals surface area (Å²) >= 11 is 0. The fraction of sp³-hybridized carbons (Fsp3) is 0.571. The van der Waals surface area contributed by atoms with Gasteiger partial charge in [-0.05, 0) is 55.9 Å². The van der Waals surface area contributed by atoms with Crippen molar-refractivity contribution in [2.75, 3.05) is 20.1 Å². The molecule has 1 unspecified atom stereocenters. The van der Waals surface area contributed by atoms with E-state index in [2.05, 4.69) is 36.2 Å². The number of hydrogen-bond acceptors (Lipinski definition) is 2. The van der Waals surface area contributed by atoms with Gasteiger partial charge in [0.25, 0.3) is 0 Å². The van der Waals surface area contributed by atoms with Crippen molar-refractivity contribution in [3.63, 3.8) is 0 Å². The van der Waals surface area contributed by atoms with Gasteiger partial charge in [0.05, 0.1) is 0 Å². The molecule has 0 bridgehead atoms. The summed E-state index contributed by atoms with van der Waals surface area (Å²) in [4.78, 5) is 2.43. The molecule has 3 rings (SSSR count). The molecular formula is C14H20N2. The molecule has 1 atom stereocenters. The summed E-state index contributed by atoms with van der Waals surface area (Å²) in [5, 5.41) is 0. The number of piperidine rings is 1. The van der Waals surface area contributed by atoms with Gasteiger partial charge >= 0.3 is 0 Å². The molecule has 0 amide bonds. The number of likely N-dealkylation sites (tertiary alicyclic amines) is 1. The number of rotatable bonds is 0. The van der Waals surface area contributed by atoms with Crippen molar-refractivity contribution in [3.8, 4) is 0 Å². The Morgan fingerprint density at radius 3 is 2.69 bits per heavy atom. The van der Waals surface area contributed by atoms with E-state index in [4.69, 9.17) is 5.73 Å². The van der Waals surface area contributed by atoms with Gasteiger partial charge in [-0.2, -0.15) is 0 Å². The summed E-state index contributed by atoms with van der Waals surface area (Å²) in [5.74, 6) is 0. The van der Waals surface area contributed by atoms with E-state index in [1.807, 2.05) is 0 Å². The van der Waals surface area contributed by atoms with Crippen LogP contribution in [0, 0.1) is 0 Å². The lowest BCUT2D eigenvalue weighted by molar-refractivity contribution is 0.182. The summed E-state index contributed by atoms with van der Waals surface area (Å²) in [6, 6.07) is 9.06. The van der Waals surface area contributed by atoms with Gasteiger partial charge in [0.1, 0.15) is 0 Å². The highest BCUT2D eigenvalue weighted by molar-refractivity contribution is 5.42. The highest BCUT2D eigenvalue weighted by atomic mass is 15.1. The topological polar surface area (TPSA) is 29.3 Å². The van der Waals surface area contributed by atoms with Gasteiger partial charge in [-0.25, -0.2) is 0 Å². The fourth-order valence-corrected chi connectivity index (χ4v) is 3.46. The van der Waals surface area contributed by atoms with Gasteiger partial charge in [0.2, 0.25) is 0 Å². The van der Waals surface area contributed by atoms with E-state index in [0.29, 0.717) is 5.41 Å². The van der Waals surface area contributed by atoms with Crippen LogP contribution < -0.4 is 5.73 Å². The molecule has 0 saturated carbocycles. The predicted octanol–water partition coefficient (Wildman–Crippen LogP) is 2.05. The molecule has 1 aromatic rings. The molecule has 2 nitrogen and oxygen atoms in total. The van der Waals surface area contributed by atoms with Gasteiger partial charge in [-0.1, -0.05) is 24.3 Å². The van der Waals surface area contributed by atoms with E-state index in [-0.39, 0.29) is 6.04 Å². The summed E-state index contributed by atoms with van der Waals surface area (Å²) in [5.41, 5.74) is 9.60. The van der Waals surface area contributed by atoms with Crippen LogP contribution in [-0.2, 0) is 5.41 Å². The van der Waals surface area contributed by atoms with Crippen LogP contribution in [0.5, 0.6) is 0 Å². The molecule has 0 aromatic heterocycles. The maximum atomic E-state index is 6.27. The van der Waals surface area contributed by atoms with Gasteiger partial charge < -0.3 is 10.6 Å². The fourth-order valence-electron chi connectivity index (χ4n) is 3.46. The zero-order chi connectivity index (χ0) is 11.2. The van der Waals surface area contributed by atoms with Crippen LogP contribution in [0.3, 0.4) is 0 Å². The van der Waals surface area contributed by atoms with Crippen LogP contribution in [-0.4, -0.2) is 25.0 Å². The van der Waals surface area contributed by atoms with Crippen molar-refractivity contribution < 1.29 is 0 Å². The van der Waals surface area contributed by atoms with Gasteiger partial charge in [-0.3, -0.25) is 0 Å². The molecule has 2 N–H and O–H groups in total. The minimum atomic E-state index is 0.264. The first-order chi connectivity index (χ1) is 7.71. The molecule has 0 radical (unpaired) electrons. The van der Waals surface area contributed by atoms with E-state index in [1.54, 1.807) is 0 Å². The first-order valence-corrected chi connectivity index (χ1v) is 6.25. The molecule has 2 heteroatoms. The Kier molecular flexibility index (Phi) is 2.30. The third-order valence-electron chi connectivity index (χ3n) is 4.49. The zero-order valence-electron chi connectivity index (χ0n) is 9.95. The number of hydrogen-bond donors (Lipinski definition) is 1. The average molecular weight is 216 g/mol. The zero-order valence-corrected chi connectivity index (χ0v) is 9.95.